The molecule has 0 fully saturated rings. The number of anilines is 1. The molecule has 0 aliphatic rings. The van der Waals surface area contributed by atoms with E-state index in [1.165, 1.54) is 24.5 Å². The number of nitrogens with two attached hydrogens (primary N) is 1. The van der Waals surface area contributed by atoms with E-state index in [2.05, 4.69) is 4.98 Å². The van der Waals surface area contributed by atoms with Crippen molar-refractivity contribution in [3.63, 3.8) is 0 Å². The van der Waals surface area contributed by atoms with Crippen LogP contribution in [0.3, 0.4) is 0 Å². The number of halogens is 1. The number of nitrogens with zero attached hydrogens (tertiary/aromatic N) is 2. The van der Waals surface area contributed by atoms with Gasteiger partial charge < -0.3 is 5.73 Å². The van der Waals surface area contributed by atoms with Crippen LogP contribution in [-0.2, 0) is 0 Å². The highest BCUT2D eigenvalue weighted by atomic mass is 19.1. The molecular weight excluding hydrogens is 245 g/mol. The number of para-hydroxylation sites is 1. The molecule has 0 spiro atoms. The molecule has 19 heavy (non-hydrogen) atoms. The first-order chi connectivity index (χ1) is 9.16. The fourth-order valence-corrected chi connectivity index (χ4v) is 1.96. The lowest BCUT2D eigenvalue weighted by molar-refractivity contribution is 0.616. The molecule has 2 N–H and O–H groups in total. The van der Waals surface area contributed by atoms with E-state index >= 15 is 0 Å². The van der Waals surface area contributed by atoms with Gasteiger partial charge in [-0.25, -0.2) is 9.37 Å². The third-order valence-electron chi connectivity index (χ3n) is 2.90. The van der Waals surface area contributed by atoms with Crippen molar-refractivity contribution >= 4 is 16.6 Å². The molecule has 0 amide bonds. The highest BCUT2D eigenvalue weighted by Gasteiger charge is 2.09. The van der Waals surface area contributed by atoms with E-state index < -0.39 is 5.82 Å². The first kappa shape index (κ1) is 11.4. The summed E-state index contributed by atoms with van der Waals surface area (Å²) in [6, 6.07) is 11.0. The number of aromatic nitrogens is 2. The second-order valence-corrected chi connectivity index (χ2v) is 4.15. The van der Waals surface area contributed by atoms with Crippen molar-refractivity contribution in [2.24, 2.45) is 0 Å². The average molecular weight is 255 g/mol. The minimum Gasteiger partial charge on any atom is -0.399 e. The van der Waals surface area contributed by atoms with Crippen molar-refractivity contribution in [1.82, 2.24) is 9.55 Å². The summed E-state index contributed by atoms with van der Waals surface area (Å²) >= 11 is 0. The lowest BCUT2D eigenvalue weighted by Gasteiger charge is -2.08. The van der Waals surface area contributed by atoms with Gasteiger partial charge in [-0.15, -0.1) is 0 Å². The molecule has 5 heteroatoms. The zero-order chi connectivity index (χ0) is 13.4. The van der Waals surface area contributed by atoms with E-state index in [0.29, 0.717) is 16.6 Å². The fraction of sp³-hybridized carbons (Fsp3) is 0. The monoisotopic (exact) mass is 255 g/mol. The van der Waals surface area contributed by atoms with Crippen LogP contribution in [0.15, 0.2) is 53.6 Å². The fourth-order valence-electron chi connectivity index (χ4n) is 1.96. The van der Waals surface area contributed by atoms with Crippen molar-refractivity contribution in [3.05, 3.63) is 65.0 Å². The topological polar surface area (TPSA) is 60.9 Å². The molecule has 0 atom stereocenters. The Bertz CT molecular complexity index is 826. The molecule has 3 aromatic rings. The molecule has 94 valence electrons. The number of hydrogen-bond acceptors (Lipinski definition) is 3. The minimum absolute atomic E-state index is 0.100. The van der Waals surface area contributed by atoms with Gasteiger partial charge in [0.2, 0.25) is 0 Å². The molecule has 1 heterocycles. The van der Waals surface area contributed by atoms with Crippen molar-refractivity contribution < 1.29 is 4.39 Å². The van der Waals surface area contributed by atoms with Gasteiger partial charge >= 0.3 is 0 Å². The predicted molar refractivity (Wildman–Crippen MR) is 71.7 cm³/mol. The van der Waals surface area contributed by atoms with E-state index in [-0.39, 0.29) is 11.2 Å². The molecular formula is C14H10FN3O. The summed E-state index contributed by atoms with van der Waals surface area (Å²) in [5.41, 5.74) is 6.36. The molecule has 2 aromatic carbocycles. The molecule has 0 aliphatic carbocycles. The third kappa shape index (κ3) is 1.85. The molecule has 3 rings (SSSR count). The van der Waals surface area contributed by atoms with Crippen LogP contribution in [0.4, 0.5) is 10.1 Å². The Labute approximate surface area is 107 Å². The van der Waals surface area contributed by atoms with Crippen LogP contribution in [0, 0.1) is 5.82 Å². The van der Waals surface area contributed by atoms with Crippen LogP contribution < -0.4 is 11.3 Å². The lowest BCUT2D eigenvalue weighted by Crippen LogP contribution is -2.19. The Kier molecular flexibility index (Phi) is 2.52. The minimum atomic E-state index is -0.520. The van der Waals surface area contributed by atoms with E-state index in [1.54, 1.807) is 24.3 Å². The summed E-state index contributed by atoms with van der Waals surface area (Å²) in [6.45, 7) is 0. The standard InChI is InChI=1S/C14H10FN3O/c15-11-6-5-9(16)7-13(11)18-8-17-12-4-2-1-3-10(12)14(18)19/h1-8H,16H2. The zero-order valence-corrected chi connectivity index (χ0v) is 9.88. The van der Waals surface area contributed by atoms with Crippen LogP contribution in [0.5, 0.6) is 0 Å². The highest BCUT2D eigenvalue weighted by Crippen LogP contribution is 2.16. The summed E-state index contributed by atoms with van der Waals surface area (Å²) in [6.07, 6.45) is 1.31. The Morgan fingerprint density at radius 1 is 1.16 bits per heavy atom. The van der Waals surface area contributed by atoms with E-state index in [1.807, 2.05) is 0 Å². The Morgan fingerprint density at radius 2 is 1.95 bits per heavy atom. The Morgan fingerprint density at radius 3 is 2.79 bits per heavy atom. The number of hydrogen-bond donors (Lipinski definition) is 1. The van der Waals surface area contributed by atoms with Crippen LogP contribution in [0.1, 0.15) is 0 Å². The van der Waals surface area contributed by atoms with Crippen molar-refractivity contribution in [2.75, 3.05) is 5.73 Å². The molecule has 4 nitrogen and oxygen atoms in total. The second-order valence-electron chi connectivity index (χ2n) is 4.15. The Hall–Kier alpha value is -2.69. The summed E-state index contributed by atoms with van der Waals surface area (Å²) in [7, 11) is 0. The number of nitrogen functional groups attached to an aromatic ring is 1. The third-order valence-corrected chi connectivity index (χ3v) is 2.90. The normalized spacial score (nSPS) is 10.8. The SMILES string of the molecule is Nc1ccc(F)c(-n2cnc3ccccc3c2=O)c1. The van der Waals surface area contributed by atoms with Crippen molar-refractivity contribution in [2.45, 2.75) is 0 Å². The summed E-state index contributed by atoms with van der Waals surface area (Å²) in [5.74, 6) is -0.520. The smallest absolute Gasteiger partial charge is 0.265 e. The van der Waals surface area contributed by atoms with Gasteiger partial charge in [-0.3, -0.25) is 9.36 Å². The van der Waals surface area contributed by atoms with Crippen LogP contribution in [0.2, 0.25) is 0 Å². The van der Waals surface area contributed by atoms with Gasteiger partial charge in [0.25, 0.3) is 5.56 Å². The number of fused-ring (bicyclic) bond motifs is 1. The van der Waals surface area contributed by atoms with E-state index in [0.717, 1.165) is 4.57 Å². The van der Waals surface area contributed by atoms with Gasteiger partial charge in [-0.1, -0.05) is 12.1 Å². The van der Waals surface area contributed by atoms with Crippen molar-refractivity contribution in [1.29, 1.82) is 0 Å². The second kappa shape index (κ2) is 4.20. The maximum absolute atomic E-state index is 13.8. The molecule has 0 saturated heterocycles. The van der Waals surface area contributed by atoms with Gasteiger partial charge in [0.1, 0.15) is 12.1 Å². The largest absolute Gasteiger partial charge is 0.399 e. The van der Waals surface area contributed by atoms with Gasteiger partial charge in [0.05, 0.1) is 16.6 Å². The summed E-state index contributed by atoms with van der Waals surface area (Å²) in [4.78, 5) is 16.5. The maximum atomic E-state index is 13.8. The van der Waals surface area contributed by atoms with Gasteiger partial charge in [0.15, 0.2) is 0 Å². The van der Waals surface area contributed by atoms with Crippen LogP contribution >= 0.6 is 0 Å². The van der Waals surface area contributed by atoms with E-state index in [9.17, 15) is 9.18 Å². The average Bonchev–Trinajstić information content (AvgIpc) is 2.43. The Balaban J connectivity index is 2.35. The highest BCUT2D eigenvalue weighted by molar-refractivity contribution is 5.77. The van der Waals surface area contributed by atoms with Crippen LogP contribution in [0.25, 0.3) is 16.6 Å². The number of benzene rings is 2. The molecule has 1 aromatic heterocycles. The molecule has 0 unspecified atom stereocenters. The van der Waals surface area contributed by atoms with Crippen molar-refractivity contribution in [3.8, 4) is 5.69 Å². The first-order valence-corrected chi connectivity index (χ1v) is 5.68. The lowest BCUT2D eigenvalue weighted by atomic mass is 10.2. The number of rotatable bonds is 1. The predicted octanol–water partition coefficient (Wildman–Crippen LogP) is 2.11. The van der Waals surface area contributed by atoms with Crippen LogP contribution in [-0.4, -0.2) is 9.55 Å². The van der Waals surface area contributed by atoms with Gasteiger partial charge in [0, 0.05) is 5.69 Å². The van der Waals surface area contributed by atoms with Gasteiger partial charge in [-0.2, -0.15) is 0 Å². The molecule has 0 aliphatic heterocycles. The van der Waals surface area contributed by atoms with E-state index in [4.69, 9.17) is 5.73 Å². The summed E-state index contributed by atoms with van der Waals surface area (Å²) in [5, 5.41) is 0.437. The molecule has 0 radical (unpaired) electrons. The summed E-state index contributed by atoms with van der Waals surface area (Å²) < 4.78 is 15.0. The molecule has 0 bridgehead atoms. The maximum Gasteiger partial charge on any atom is 0.265 e. The quantitative estimate of drug-likeness (QED) is 0.677. The first-order valence-electron chi connectivity index (χ1n) is 5.68. The molecule has 0 saturated carbocycles. The zero-order valence-electron chi connectivity index (χ0n) is 9.88. The van der Waals surface area contributed by atoms with Gasteiger partial charge in [-0.05, 0) is 30.3 Å².